The molecular weight excluding hydrogens is 437 g/mol. The van der Waals surface area contributed by atoms with Gasteiger partial charge in [-0.2, -0.15) is 18.3 Å². The van der Waals surface area contributed by atoms with Crippen molar-refractivity contribution in [3.63, 3.8) is 0 Å². The number of aromatic nitrogens is 7. The number of hydrogen-bond acceptors (Lipinski definition) is 8. The Hall–Kier alpha value is -3.68. The van der Waals surface area contributed by atoms with E-state index in [4.69, 9.17) is 0 Å². The molecule has 0 fully saturated rings. The number of rotatable bonds is 3. The van der Waals surface area contributed by atoms with Gasteiger partial charge in [0.25, 0.3) is 0 Å². The van der Waals surface area contributed by atoms with E-state index >= 15 is 0 Å². The molecule has 5 rings (SSSR count). The molecule has 5 aromatic rings. The maximum atomic E-state index is 13.2. The summed E-state index contributed by atoms with van der Waals surface area (Å²) in [6.07, 6.45) is -1.92. The minimum Gasteiger partial charge on any atom is -0.265 e. The molecule has 0 saturated heterocycles. The summed E-state index contributed by atoms with van der Waals surface area (Å²) in [5.41, 5.74) is -0.0976. The van der Waals surface area contributed by atoms with Crippen LogP contribution in [-0.4, -0.2) is 39.3 Å². The molecule has 0 aromatic carbocycles. The van der Waals surface area contributed by atoms with Crippen LogP contribution < -0.4 is 0 Å². The van der Waals surface area contributed by atoms with Gasteiger partial charge in [-0.15, -0.1) is 16.4 Å². The number of nitro groups is 1. The smallest absolute Gasteiger partial charge is 0.265 e. The Morgan fingerprint density at radius 3 is 2.71 bits per heavy atom. The molecule has 5 aromatic heterocycles. The van der Waals surface area contributed by atoms with Crippen molar-refractivity contribution in [3.05, 3.63) is 40.0 Å². The molecule has 0 spiro atoms. The standard InChI is InChI=1S/C17H11F3N8O2S/c1-3-26-5-8(28(29)30)11(24-26)14-23-15-13-12(21-6-27(15)25-14)10-7(2)4-9(17(18,19)20)22-16(10)31-13/h4-6H,3H2,1-2H3. The number of pyridine rings is 1. The molecule has 0 bridgehead atoms. The van der Waals surface area contributed by atoms with Crippen LogP contribution in [-0.2, 0) is 12.7 Å². The predicted octanol–water partition coefficient (Wildman–Crippen LogP) is 4.01. The van der Waals surface area contributed by atoms with Crippen molar-refractivity contribution in [2.24, 2.45) is 0 Å². The van der Waals surface area contributed by atoms with Gasteiger partial charge < -0.3 is 0 Å². The van der Waals surface area contributed by atoms with Gasteiger partial charge in [-0.3, -0.25) is 14.8 Å². The summed E-state index contributed by atoms with van der Waals surface area (Å²) >= 11 is 1.01. The van der Waals surface area contributed by atoms with Crippen molar-refractivity contribution in [2.45, 2.75) is 26.6 Å². The highest BCUT2D eigenvalue weighted by Crippen LogP contribution is 2.39. The maximum Gasteiger partial charge on any atom is 0.433 e. The van der Waals surface area contributed by atoms with Crippen LogP contribution in [0.25, 0.3) is 37.6 Å². The van der Waals surface area contributed by atoms with E-state index in [-0.39, 0.29) is 22.0 Å². The Kier molecular flexibility index (Phi) is 3.99. The van der Waals surface area contributed by atoms with Gasteiger partial charge in [0.05, 0.1) is 10.4 Å². The van der Waals surface area contributed by atoms with Crippen LogP contribution in [0.5, 0.6) is 0 Å². The molecule has 158 valence electrons. The fraction of sp³-hybridized carbons (Fsp3) is 0.235. The molecule has 0 atom stereocenters. The summed E-state index contributed by atoms with van der Waals surface area (Å²) in [7, 11) is 0. The quantitative estimate of drug-likeness (QED) is 0.302. The lowest BCUT2D eigenvalue weighted by Crippen LogP contribution is -2.07. The molecule has 10 nitrogen and oxygen atoms in total. The van der Waals surface area contributed by atoms with Gasteiger partial charge in [0, 0.05) is 11.9 Å². The minimum absolute atomic E-state index is 0.00141. The van der Waals surface area contributed by atoms with Crippen molar-refractivity contribution in [3.8, 4) is 11.5 Å². The zero-order valence-corrected chi connectivity index (χ0v) is 16.7. The first-order valence-corrected chi connectivity index (χ1v) is 9.73. The number of alkyl halides is 3. The molecule has 0 N–H and O–H groups in total. The van der Waals surface area contributed by atoms with Gasteiger partial charge in [0.2, 0.25) is 11.5 Å². The maximum absolute atomic E-state index is 13.2. The predicted molar refractivity (Wildman–Crippen MR) is 105 cm³/mol. The van der Waals surface area contributed by atoms with Crippen LogP contribution in [0.15, 0.2) is 18.6 Å². The van der Waals surface area contributed by atoms with Crippen LogP contribution in [0, 0.1) is 17.0 Å². The zero-order chi connectivity index (χ0) is 22.1. The van der Waals surface area contributed by atoms with Gasteiger partial charge in [0.15, 0.2) is 5.65 Å². The first-order chi connectivity index (χ1) is 14.7. The number of nitrogens with zero attached hydrogens (tertiary/aromatic N) is 8. The summed E-state index contributed by atoms with van der Waals surface area (Å²) in [5.74, 6) is 0.0197. The van der Waals surface area contributed by atoms with Crippen molar-refractivity contribution >= 4 is 43.1 Å². The van der Waals surface area contributed by atoms with Crippen LogP contribution in [0.2, 0.25) is 0 Å². The molecule has 0 aliphatic carbocycles. The second kappa shape index (κ2) is 6.41. The minimum atomic E-state index is -4.57. The fourth-order valence-corrected chi connectivity index (χ4v) is 4.50. The lowest BCUT2D eigenvalue weighted by molar-refractivity contribution is -0.384. The molecule has 0 unspecified atom stereocenters. The molecule has 0 amide bonds. The zero-order valence-electron chi connectivity index (χ0n) is 15.9. The molecule has 31 heavy (non-hydrogen) atoms. The monoisotopic (exact) mass is 448 g/mol. The van der Waals surface area contributed by atoms with Crippen LogP contribution >= 0.6 is 11.3 Å². The summed E-state index contributed by atoms with van der Waals surface area (Å²) in [6.45, 7) is 3.77. The van der Waals surface area contributed by atoms with Crippen molar-refractivity contribution in [1.29, 1.82) is 0 Å². The molecule has 5 heterocycles. The number of fused-ring (bicyclic) bond motifs is 5. The molecule has 14 heteroatoms. The third kappa shape index (κ3) is 2.90. The topological polar surface area (TPSA) is 117 Å². The molecule has 0 aliphatic rings. The lowest BCUT2D eigenvalue weighted by Gasteiger charge is -2.06. The average Bonchev–Trinajstić information content (AvgIpc) is 3.40. The normalized spacial score (nSPS) is 12.4. The Morgan fingerprint density at radius 2 is 2.03 bits per heavy atom. The van der Waals surface area contributed by atoms with Crippen molar-refractivity contribution in [2.75, 3.05) is 0 Å². The first kappa shape index (κ1) is 19.3. The summed E-state index contributed by atoms with van der Waals surface area (Å²) < 4.78 is 42.7. The SMILES string of the molecule is CCn1cc([N+](=O)[O-])c(-c2nc3c4sc5nc(C(F)(F)F)cc(C)c5c4ncn3n2)n1. The number of aryl methyl sites for hydroxylation is 2. The van der Waals surface area contributed by atoms with E-state index in [9.17, 15) is 23.3 Å². The Balaban J connectivity index is 1.77. The summed E-state index contributed by atoms with van der Waals surface area (Å²) in [5, 5.41) is 20.3. The second-order valence-corrected chi connectivity index (χ2v) is 7.71. The van der Waals surface area contributed by atoms with E-state index in [0.29, 0.717) is 33.4 Å². The largest absolute Gasteiger partial charge is 0.433 e. The number of hydrogen-bond donors (Lipinski definition) is 0. The summed E-state index contributed by atoms with van der Waals surface area (Å²) in [4.78, 5) is 23.5. The van der Waals surface area contributed by atoms with Crippen molar-refractivity contribution < 1.29 is 18.1 Å². The first-order valence-electron chi connectivity index (χ1n) is 8.92. The van der Waals surface area contributed by atoms with Crippen LogP contribution in [0.4, 0.5) is 18.9 Å². The second-order valence-electron chi connectivity index (χ2n) is 6.71. The fourth-order valence-electron chi connectivity index (χ4n) is 3.32. The third-order valence-electron chi connectivity index (χ3n) is 4.73. The van der Waals surface area contributed by atoms with Gasteiger partial charge in [0.1, 0.15) is 27.7 Å². The van der Waals surface area contributed by atoms with E-state index in [1.54, 1.807) is 13.8 Å². The van der Waals surface area contributed by atoms with Crippen LogP contribution in [0.1, 0.15) is 18.2 Å². The highest BCUT2D eigenvalue weighted by molar-refractivity contribution is 7.26. The lowest BCUT2D eigenvalue weighted by atomic mass is 10.1. The van der Waals surface area contributed by atoms with E-state index in [2.05, 4.69) is 25.1 Å². The Bertz CT molecular complexity index is 1520. The third-order valence-corrected chi connectivity index (χ3v) is 5.80. The molecule has 0 radical (unpaired) electrons. The average molecular weight is 448 g/mol. The van der Waals surface area contributed by atoms with Gasteiger partial charge >= 0.3 is 11.9 Å². The van der Waals surface area contributed by atoms with E-state index < -0.39 is 16.8 Å². The molecular formula is C17H11F3N8O2S. The van der Waals surface area contributed by atoms with Gasteiger partial charge in [-0.1, -0.05) is 0 Å². The summed E-state index contributed by atoms with van der Waals surface area (Å²) in [6, 6.07) is 0.983. The van der Waals surface area contributed by atoms with E-state index in [1.165, 1.54) is 21.7 Å². The van der Waals surface area contributed by atoms with Crippen molar-refractivity contribution in [1.82, 2.24) is 34.3 Å². The molecule has 0 saturated carbocycles. The Labute approximate surface area is 174 Å². The van der Waals surface area contributed by atoms with Gasteiger partial charge in [-0.25, -0.2) is 19.5 Å². The van der Waals surface area contributed by atoms with Gasteiger partial charge in [-0.05, 0) is 25.5 Å². The number of halogens is 3. The van der Waals surface area contributed by atoms with E-state index in [0.717, 1.165) is 17.4 Å². The number of thiophene rings is 1. The highest BCUT2D eigenvalue weighted by atomic mass is 32.1. The highest BCUT2D eigenvalue weighted by Gasteiger charge is 2.34. The Morgan fingerprint density at radius 1 is 1.26 bits per heavy atom. The molecule has 0 aliphatic heterocycles. The van der Waals surface area contributed by atoms with Crippen LogP contribution in [0.3, 0.4) is 0 Å². The van der Waals surface area contributed by atoms with E-state index in [1.807, 2.05) is 0 Å².